The van der Waals surface area contributed by atoms with Crippen molar-refractivity contribution < 1.29 is 13.2 Å². The summed E-state index contributed by atoms with van der Waals surface area (Å²) >= 11 is 6.54. The van der Waals surface area contributed by atoms with Gasteiger partial charge in [0.1, 0.15) is 12.4 Å². The quantitative estimate of drug-likeness (QED) is 0.199. The summed E-state index contributed by atoms with van der Waals surface area (Å²) in [5.41, 5.74) is 7.74. The molecule has 1 N–H and O–H groups in total. The van der Waals surface area contributed by atoms with Crippen LogP contribution in [0.5, 0.6) is 0 Å². The molecule has 0 bridgehead atoms. The maximum Gasteiger partial charge on any atom is 0.326 e. The number of halogens is 1. The van der Waals surface area contributed by atoms with Gasteiger partial charge < -0.3 is 4.57 Å². The summed E-state index contributed by atoms with van der Waals surface area (Å²) in [7, 11) is -3.88. The van der Waals surface area contributed by atoms with Crippen LogP contribution in [-0.2, 0) is 21.4 Å². The SMILES string of the molecule is O=C1CN(c2ccc(-n3cc(-c4ccccc4Cl)nc3Cc3ccc(-c4ccc(C5CCCCC5)cc4)cc3)cc2)S(=O)(=O)N1. The highest BCUT2D eigenvalue weighted by atomic mass is 35.5. The largest absolute Gasteiger partial charge is 0.326 e. The Labute approximate surface area is 268 Å². The van der Waals surface area contributed by atoms with Gasteiger partial charge in [-0.3, -0.25) is 4.79 Å². The van der Waals surface area contributed by atoms with E-state index in [1.165, 1.54) is 48.8 Å². The van der Waals surface area contributed by atoms with Crippen LogP contribution < -0.4 is 9.03 Å². The lowest BCUT2D eigenvalue weighted by Gasteiger charge is -2.22. The molecule has 0 unspecified atom stereocenters. The zero-order chi connectivity index (χ0) is 31.0. The fourth-order valence-electron chi connectivity index (χ4n) is 6.40. The van der Waals surface area contributed by atoms with Gasteiger partial charge in [-0.25, -0.2) is 14.0 Å². The number of anilines is 1. The van der Waals surface area contributed by atoms with Gasteiger partial charge in [-0.15, -0.1) is 0 Å². The second-order valence-corrected chi connectivity index (χ2v) is 13.8. The highest BCUT2D eigenvalue weighted by Crippen LogP contribution is 2.34. The van der Waals surface area contributed by atoms with E-state index in [0.717, 1.165) is 32.6 Å². The van der Waals surface area contributed by atoms with Gasteiger partial charge in [0, 0.05) is 23.9 Å². The molecule has 0 radical (unpaired) electrons. The third-order valence-corrected chi connectivity index (χ3v) is 10.5. The molecule has 9 heteroatoms. The van der Waals surface area contributed by atoms with Crippen LogP contribution in [0.15, 0.2) is 103 Å². The van der Waals surface area contributed by atoms with E-state index in [2.05, 4.69) is 48.5 Å². The monoisotopic (exact) mass is 636 g/mol. The second-order valence-electron chi connectivity index (χ2n) is 11.8. The third-order valence-electron chi connectivity index (χ3n) is 8.80. The summed E-state index contributed by atoms with van der Waals surface area (Å²) in [4.78, 5) is 16.7. The fourth-order valence-corrected chi connectivity index (χ4v) is 7.78. The molecule has 0 spiro atoms. The molecule has 0 atom stereocenters. The molecule has 1 aliphatic heterocycles. The van der Waals surface area contributed by atoms with Crippen molar-refractivity contribution >= 4 is 33.4 Å². The number of aromatic nitrogens is 2. The predicted molar refractivity (Wildman–Crippen MR) is 179 cm³/mol. The maximum absolute atomic E-state index is 12.3. The normalized spacial score (nSPS) is 16.6. The second kappa shape index (κ2) is 12.2. The lowest BCUT2D eigenvalue weighted by Crippen LogP contribution is -2.29. The summed E-state index contributed by atoms with van der Waals surface area (Å²) in [6.07, 6.45) is 9.15. The minimum Gasteiger partial charge on any atom is -0.303 e. The number of amides is 1. The molecule has 1 aliphatic carbocycles. The van der Waals surface area contributed by atoms with Gasteiger partial charge in [-0.2, -0.15) is 8.42 Å². The number of carbonyl (C=O) groups excluding carboxylic acids is 1. The van der Waals surface area contributed by atoms with E-state index in [-0.39, 0.29) is 6.54 Å². The molecule has 1 saturated heterocycles. The van der Waals surface area contributed by atoms with Gasteiger partial charge in [0.2, 0.25) is 0 Å². The van der Waals surface area contributed by atoms with E-state index < -0.39 is 16.1 Å². The Morgan fingerprint density at radius 3 is 2.09 bits per heavy atom. The van der Waals surface area contributed by atoms with Crippen LogP contribution >= 0.6 is 11.6 Å². The average molecular weight is 637 g/mol. The zero-order valence-corrected chi connectivity index (χ0v) is 26.3. The summed E-state index contributed by atoms with van der Waals surface area (Å²) in [6, 6.07) is 32.3. The Bertz CT molecular complexity index is 1950. The lowest BCUT2D eigenvalue weighted by atomic mass is 9.83. The molecule has 2 aliphatic rings. The number of rotatable bonds is 7. The first-order valence-electron chi connectivity index (χ1n) is 15.3. The summed E-state index contributed by atoms with van der Waals surface area (Å²) < 4.78 is 29.8. The molecule has 2 fully saturated rings. The smallest absolute Gasteiger partial charge is 0.303 e. The van der Waals surface area contributed by atoms with Crippen molar-refractivity contribution in [2.24, 2.45) is 0 Å². The summed E-state index contributed by atoms with van der Waals surface area (Å²) in [5, 5.41) is 0.610. The van der Waals surface area contributed by atoms with Crippen molar-refractivity contribution in [3.05, 3.63) is 125 Å². The van der Waals surface area contributed by atoms with E-state index in [4.69, 9.17) is 16.6 Å². The molecular weight excluding hydrogens is 604 g/mol. The van der Waals surface area contributed by atoms with Gasteiger partial charge in [0.25, 0.3) is 5.91 Å². The molecule has 1 amide bonds. The van der Waals surface area contributed by atoms with Crippen LogP contribution in [0.4, 0.5) is 5.69 Å². The van der Waals surface area contributed by atoms with Crippen molar-refractivity contribution in [1.29, 1.82) is 0 Å². The Kier molecular flexibility index (Phi) is 7.94. The molecule has 2 heterocycles. The standard InChI is InChI=1S/C36H33ClN4O3S/c37-33-9-5-4-8-32(33)34-23-40(30-18-20-31(21-19-30)41-24-36(42)39-45(41,43)44)35(38-34)22-25-10-12-27(13-11-25)29-16-14-28(15-17-29)26-6-2-1-3-7-26/h4-5,8-21,23,26H,1-3,6-7,22,24H2,(H,39,42). The van der Waals surface area contributed by atoms with Crippen molar-refractivity contribution in [1.82, 2.24) is 14.3 Å². The molecule has 4 aromatic carbocycles. The van der Waals surface area contributed by atoms with Crippen LogP contribution in [0.3, 0.4) is 0 Å². The number of nitrogens with one attached hydrogen (secondary N) is 1. The Morgan fingerprint density at radius 2 is 1.44 bits per heavy atom. The van der Waals surface area contributed by atoms with Crippen molar-refractivity contribution in [3.8, 4) is 28.1 Å². The number of nitrogens with zero attached hydrogens (tertiary/aromatic N) is 3. The first-order valence-corrected chi connectivity index (χ1v) is 17.1. The van der Waals surface area contributed by atoms with E-state index in [1.54, 1.807) is 12.1 Å². The number of imidazole rings is 1. The van der Waals surface area contributed by atoms with Gasteiger partial charge in [0.15, 0.2) is 0 Å². The van der Waals surface area contributed by atoms with Gasteiger partial charge in [-0.05, 0) is 71.3 Å². The molecule has 45 heavy (non-hydrogen) atoms. The van der Waals surface area contributed by atoms with E-state index in [9.17, 15) is 13.2 Å². The van der Waals surface area contributed by atoms with Crippen LogP contribution in [0.1, 0.15) is 55.0 Å². The highest BCUT2D eigenvalue weighted by Gasteiger charge is 2.34. The molecule has 7 nitrogen and oxygen atoms in total. The van der Waals surface area contributed by atoms with Crippen LogP contribution in [0.2, 0.25) is 5.02 Å². The number of hydrogen-bond acceptors (Lipinski definition) is 4. The van der Waals surface area contributed by atoms with Crippen LogP contribution in [0, 0.1) is 0 Å². The van der Waals surface area contributed by atoms with Crippen molar-refractivity contribution in [2.75, 3.05) is 10.8 Å². The van der Waals surface area contributed by atoms with Gasteiger partial charge >= 0.3 is 10.2 Å². The van der Waals surface area contributed by atoms with Crippen LogP contribution in [-0.4, -0.2) is 30.4 Å². The number of benzene rings is 4. The Morgan fingerprint density at radius 1 is 0.800 bits per heavy atom. The van der Waals surface area contributed by atoms with Crippen molar-refractivity contribution in [3.63, 3.8) is 0 Å². The van der Waals surface area contributed by atoms with Crippen molar-refractivity contribution in [2.45, 2.75) is 44.4 Å². The maximum atomic E-state index is 12.3. The first kappa shape index (κ1) is 29.3. The zero-order valence-electron chi connectivity index (χ0n) is 24.7. The Balaban J connectivity index is 1.16. The van der Waals surface area contributed by atoms with E-state index in [1.807, 2.05) is 51.9 Å². The molecular formula is C36H33ClN4O3S. The van der Waals surface area contributed by atoms with E-state index in [0.29, 0.717) is 23.0 Å². The number of hydrogen-bond donors (Lipinski definition) is 1. The van der Waals surface area contributed by atoms with Crippen LogP contribution in [0.25, 0.3) is 28.1 Å². The fraction of sp³-hybridized carbons (Fsp3) is 0.222. The third kappa shape index (κ3) is 6.13. The summed E-state index contributed by atoms with van der Waals surface area (Å²) in [5.74, 6) is 0.955. The molecule has 1 saturated carbocycles. The molecule has 5 aromatic rings. The molecule has 7 rings (SSSR count). The lowest BCUT2D eigenvalue weighted by molar-refractivity contribution is -0.117. The first-order chi connectivity index (χ1) is 21.8. The minimum atomic E-state index is -3.88. The predicted octanol–water partition coefficient (Wildman–Crippen LogP) is 7.68. The van der Waals surface area contributed by atoms with Gasteiger partial charge in [-0.1, -0.05) is 97.6 Å². The average Bonchev–Trinajstić information content (AvgIpc) is 3.60. The molecule has 1 aromatic heterocycles. The van der Waals surface area contributed by atoms with E-state index >= 15 is 0 Å². The molecule has 228 valence electrons. The summed E-state index contributed by atoms with van der Waals surface area (Å²) in [6.45, 7) is -0.241. The minimum absolute atomic E-state index is 0.241. The highest BCUT2D eigenvalue weighted by molar-refractivity contribution is 7.92. The Hall–Kier alpha value is -4.40. The number of carbonyl (C=O) groups is 1. The van der Waals surface area contributed by atoms with Gasteiger partial charge in [0.05, 0.1) is 16.4 Å². The topological polar surface area (TPSA) is 84.3 Å².